The number of fused-ring (bicyclic) bond motifs is 1. The number of nitro groups is 1. The average Bonchev–Trinajstić information content (AvgIpc) is 2.71. The number of carbonyl (C=O) groups is 1. The number of rotatable bonds is 4. The highest BCUT2D eigenvalue weighted by Crippen LogP contribution is 2.39. The third kappa shape index (κ3) is 3.23. The van der Waals surface area contributed by atoms with Crippen LogP contribution in [0.1, 0.15) is 17.2 Å². The molecule has 3 aromatic rings. The van der Waals surface area contributed by atoms with Crippen molar-refractivity contribution in [3.63, 3.8) is 0 Å². The topological polar surface area (TPSA) is 112 Å². The van der Waals surface area contributed by atoms with Crippen LogP contribution in [0.5, 0.6) is 5.75 Å². The minimum Gasteiger partial charge on any atom is -0.469 e. The van der Waals surface area contributed by atoms with Gasteiger partial charge in [0.2, 0.25) is 6.10 Å². The first-order valence-electron chi connectivity index (χ1n) is 8.56. The Balaban J connectivity index is 1.78. The zero-order chi connectivity index (χ0) is 19.7. The number of pyridine rings is 1. The SMILES string of the molecule is Nc1ccc(CN2C(=O)C(c3ccccc3)Oc3ccc([N+](=O)[O-])nc32)cc1. The molecule has 1 atom stereocenters. The van der Waals surface area contributed by atoms with Gasteiger partial charge in [-0.15, -0.1) is 0 Å². The van der Waals surface area contributed by atoms with Crippen molar-refractivity contribution in [3.8, 4) is 5.75 Å². The van der Waals surface area contributed by atoms with Gasteiger partial charge in [-0.1, -0.05) is 42.5 Å². The van der Waals surface area contributed by atoms with Crippen molar-refractivity contribution < 1.29 is 14.5 Å². The molecule has 1 aliphatic heterocycles. The number of amides is 1. The number of anilines is 2. The van der Waals surface area contributed by atoms with E-state index >= 15 is 0 Å². The lowest BCUT2D eigenvalue weighted by atomic mass is 10.1. The first kappa shape index (κ1) is 17.5. The van der Waals surface area contributed by atoms with E-state index in [4.69, 9.17) is 10.5 Å². The van der Waals surface area contributed by atoms with Crippen LogP contribution in [-0.4, -0.2) is 15.8 Å². The second kappa shape index (κ2) is 6.99. The maximum absolute atomic E-state index is 13.2. The lowest BCUT2D eigenvalue weighted by molar-refractivity contribution is -0.389. The van der Waals surface area contributed by atoms with E-state index in [1.165, 1.54) is 17.0 Å². The number of aromatic nitrogens is 1. The van der Waals surface area contributed by atoms with E-state index in [9.17, 15) is 14.9 Å². The van der Waals surface area contributed by atoms with Gasteiger partial charge in [0, 0.05) is 17.3 Å². The van der Waals surface area contributed by atoms with E-state index < -0.39 is 11.0 Å². The van der Waals surface area contributed by atoms with E-state index in [1.807, 2.05) is 18.2 Å². The largest absolute Gasteiger partial charge is 0.469 e. The summed E-state index contributed by atoms with van der Waals surface area (Å²) in [6.45, 7) is 0.187. The van der Waals surface area contributed by atoms with Crippen LogP contribution in [0.25, 0.3) is 0 Å². The molecule has 0 fully saturated rings. The third-order valence-electron chi connectivity index (χ3n) is 4.43. The number of ether oxygens (including phenoxy) is 1. The lowest BCUT2D eigenvalue weighted by Gasteiger charge is -2.31. The van der Waals surface area contributed by atoms with Gasteiger partial charge in [-0.05, 0) is 33.7 Å². The molecule has 4 rings (SSSR count). The van der Waals surface area contributed by atoms with Crippen LogP contribution in [-0.2, 0) is 11.3 Å². The van der Waals surface area contributed by atoms with Crippen LogP contribution < -0.4 is 15.4 Å². The number of nitrogen functional groups attached to an aromatic ring is 1. The zero-order valence-electron chi connectivity index (χ0n) is 14.7. The van der Waals surface area contributed by atoms with Crippen LogP contribution in [0.3, 0.4) is 0 Å². The fourth-order valence-corrected chi connectivity index (χ4v) is 3.03. The molecule has 0 spiro atoms. The summed E-state index contributed by atoms with van der Waals surface area (Å²) < 4.78 is 5.86. The molecular weight excluding hydrogens is 360 g/mol. The predicted octanol–water partition coefficient (Wildman–Crippen LogP) is 3.24. The zero-order valence-corrected chi connectivity index (χ0v) is 14.7. The van der Waals surface area contributed by atoms with Crippen molar-refractivity contribution in [2.75, 3.05) is 10.6 Å². The maximum Gasteiger partial charge on any atom is 0.366 e. The second-order valence-corrected chi connectivity index (χ2v) is 6.32. The molecule has 0 aliphatic carbocycles. The number of hydrogen-bond donors (Lipinski definition) is 1. The Morgan fingerprint density at radius 2 is 1.79 bits per heavy atom. The maximum atomic E-state index is 13.2. The number of nitrogens with two attached hydrogens (primary N) is 1. The average molecular weight is 376 g/mol. The summed E-state index contributed by atoms with van der Waals surface area (Å²) in [6.07, 6.45) is -0.856. The second-order valence-electron chi connectivity index (χ2n) is 6.32. The molecule has 0 radical (unpaired) electrons. The first-order valence-corrected chi connectivity index (χ1v) is 8.56. The van der Waals surface area contributed by atoms with Crippen LogP contribution in [0.2, 0.25) is 0 Å². The van der Waals surface area contributed by atoms with Crippen LogP contribution in [0.15, 0.2) is 66.7 Å². The minimum atomic E-state index is -0.856. The summed E-state index contributed by atoms with van der Waals surface area (Å²) >= 11 is 0. The van der Waals surface area contributed by atoms with E-state index in [0.717, 1.165) is 5.56 Å². The Labute approximate surface area is 160 Å². The summed E-state index contributed by atoms with van der Waals surface area (Å²) in [5.41, 5.74) is 7.84. The summed E-state index contributed by atoms with van der Waals surface area (Å²) in [4.78, 5) is 29.2. The molecule has 1 aliphatic rings. The van der Waals surface area contributed by atoms with Crippen molar-refractivity contribution in [1.82, 2.24) is 4.98 Å². The highest BCUT2D eigenvalue weighted by atomic mass is 16.6. The molecule has 8 nitrogen and oxygen atoms in total. The standard InChI is InChI=1S/C20H16N4O4/c21-15-8-6-13(7-9-15)12-23-19-16(10-11-17(22-19)24(26)27)28-18(20(23)25)14-4-2-1-3-5-14/h1-11,18H,12,21H2. The summed E-state index contributed by atoms with van der Waals surface area (Å²) in [6, 6.07) is 18.9. The van der Waals surface area contributed by atoms with Crippen LogP contribution in [0, 0.1) is 10.1 Å². The van der Waals surface area contributed by atoms with Gasteiger partial charge in [-0.3, -0.25) is 9.69 Å². The Bertz CT molecular complexity index is 1040. The Morgan fingerprint density at radius 3 is 2.46 bits per heavy atom. The molecule has 2 aromatic carbocycles. The summed E-state index contributed by atoms with van der Waals surface area (Å²) in [5, 5.41) is 11.1. The van der Waals surface area contributed by atoms with Gasteiger partial charge in [0.1, 0.15) is 0 Å². The monoisotopic (exact) mass is 376 g/mol. The number of carbonyl (C=O) groups excluding carboxylic acids is 1. The lowest BCUT2D eigenvalue weighted by Crippen LogP contribution is -2.41. The quantitative estimate of drug-likeness (QED) is 0.425. The fraction of sp³-hybridized carbons (Fsp3) is 0.100. The Hall–Kier alpha value is -3.94. The van der Waals surface area contributed by atoms with Gasteiger partial charge in [-0.25, -0.2) is 0 Å². The summed E-state index contributed by atoms with van der Waals surface area (Å²) in [7, 11) is 0. The molecule has 1 unspecified atom stereocenters. The highest BCUT2D eigenvalue weighted by molar-refractivity contribution is 5.99. The Morgan fingerprint density at radius 1 is 1.07 bits per heavy atom. The van der Waals surface area contributed by atoms with Gasteiger partial charge < -0.3 is 20.6 Å². The third-order valence-corrected chi connectivity index (χ3v) is 4.43. The number of hydrogen-bond acceptors (Lipinski definition) is 6. The van der Waals surface area contributed by atoms with E-state index in [1.54, 1.807) is 36.4 Å². The minimum absolute atomic E-state index is 0.128. The molecule has 28 heavy (non-hydrogen) atoms. The molecule has 0 bridgehead atoms. The molecular formula is C20H16N4O4. The van der Waals surface area contributed by atoms with Gasteiger partial charge in [0.25, 0.3) is 11.7 Å². The highest BCUT2D eigenvalue weighted by Gasteiger charge is 2.39. The van der Waals surface area contributed by atoms with Crippen molar-refractivity contribution in [2.45, 2.75) is 12.6 Å². The normalized spacial score (nSPS) is 15.6. The Kier molecular flexibility index (Phi) is 4.36. The van der Waals surface area contributed by atoms with E-state index in [0.29, 0.717) is 17.0 Å². The molecule has 1 aromatic heterocycles. The summed E-state index contributed by atoms with van der Waals surface area (Å²) in [5.74, 6) is -0.253. The smallest absolute Gasteiger partial charge is 0.366 e. The van der Waals surface area contributed by atoms with E-state index in [2.05, 4.69) is 4.98 Å². The van der Waals surface area contributed by atoms with Gasteiger partial charge in [0.05, 0.1) is 6.54 Å². The van der Waals surface area contributed by atoms with Crippen molar-refractivity contribution >= 4 is 23.2 Å². The molecule has 2 N–H and O–H groups in total. The van der Waals surface area contributed by atoms with E-state index in [-0.39, 0.29) is 24.1 Å². The first-order chi connectivity index (χ1) is 13.5. The molecule has 1 amide bonds. The molecule has 0 saturated heterocycles. The van der Waals surface area contributed by atoms with Crippen molar-refractivity contribution in [1.29, 1.82) is 0 Å². The molecule has 140 valence electrons. The van der Waals surface area contributed by atoms with Crippen molar-refractivity contribution in [3.05, 3.63) is 88.0 Å². The molecule has 0 saturated carbocycles. The van der Waals surface area contributed by atoms with Crippen LogP contribution in [0.4, 0.5) is 17.3 Å². The van der Waals surface area contributed by atoms with Crippen molar-refractivity contribution in [2.24, 2.45) is 0 Å². The van der Waals surface area contributed by atoms with Gasteiger partial charge in [0.15, 0.2) is 5.75 Å². The van der Waals surface area contributed by atoms with Gasteiger partial charge >= 0.3 is 5.82 Å². The van der Waals surface area contributed by atoms with Gasteiger partial charge in [-0.2, -0.15) is 0 Å². The predicted molar refractivity (Wildman–Crippen MR) is 103 cm³/mol. The number of benzene rings is 2. The number of nitrogens with zero attached hydrogens (tertiary/aromatic N) is 3. The molecule has 2 heterocycles. The fourth-order valence-electron chi connectivity index (χ4n) is 3.03. The molecule has 8 heteroatoms. The van der Waals surface area contributed by atoms with Crippen LogP contribution >= 0.6 is 0 Å².